The molecule has 114 valence electrons. The second-order valence-electron chi connectivity index (χ2n) is 5.51. The third-order valence-corrected chi connectivity index (χ3v) is 4.02. The Hall–Kier alpha value is -3.01. The average Bonchev–Trinajstić information content (AvgIpc) is 2.89. The van der Waals surface area contributed by atoms with Crippen molar-refractivity contribution in [1.29, 1.82) is 0 Å². The molecular formula is C19H15NO3. The molecule has 2 heterocycles. The molecule has 0 saturated heterocycles. The summed E-state index contributed by atoms with van der Waals surface area (Å²) >= 11 is 0. The van der Waals surface area contributed by atoms with Crippen LogP contribution >= 0.6 is 0 Å². The first-order chi connectivity index (χ1) is 11.2. The summed E-state index contributed by atoms with van der Waals surface area (Å²) in [6.45, 7) is 2.63. The van der Waals surface area contributed by atoms with Crippen LogP contribution in [0.4, 0.5) is 5.69 Å². The number of fused-ring (bicyclic) bond motifs is 2. The Bertz CT molecular complexity index is 1060. The zero-order valence-corrected chi connectivity index (χ0v) is 12.6. The van der Waals surface area contributed by atoms with Crippen LogP contribution in [0.2, 0.25) is 0 Å². The van der Waals surface area contributed by atoms with Gasteiger partial charge in [-0.05, 0) is 31.2 Å². The lowest BCUT2D eigenvalue weighted by atomic mass is 10.1. The molecule has 0 fully saturated rings. The van der Waals surface area contributed by atoms with Crippen molar-refractivity contribution >= 4 is 27.6 Å². The maximum atomic E-state index is 11.3. The van der Waals surface area contributed by atoms with Crippen molar-refractivity contribution in [3.05, 3.63) is 76.3 Å². The number of anilines is 1. The molecule has 0 bridgehead atoms. The lowest BCUT2D eigenvalue weighted by Gasteiger charge is -2.06. The summed E-state index contributed by atoms with van der Waals surface area (Å²) in [5.41, 5.74) is 3.14. The van der Waals surface area contributed by atoms with Crippen LogP contribution in [0, 0.1) is 6.92 Å². The van der Waals surface area contributed by atoms with Gasteiger partial charge >= 0.3 is 5.63 Å². The maximum Gasteiger partial charge on any atom is 0.336 e. The molecule has 0 unspecified atom stereocenters. The van der Waals surface area contributed by atoms with Gasteiger partial charge in [0.25, 0.3) is 0 Å². The molecule has 4 heteroatoms. The fourth-order valence-corrected chi connectivity index (χ4v) is 2.75. The van der Waals surface area contributed by atoms with E-state index in [0.29, 0.717) is 12.1 Å². The van der Waals surface area contributed by atoms with Crippen molar-refractivity contribution in [3.63, 3.8) is 0 Å². The minimum atomic E-state index is -0.345. The Morgan fingerprint density at radius 1 is 0.957 bits per heavy atom. The van der Waals surface area contributed by atoms with Gasteiger partial charge in [0.1, 0.15) is 16.9 Å². The van der Waals surface area contributed by atoms with E-state index >= 15 is 0 Å². The number of benzene rings is 2. The molecule has 2 aromatic carbocycles. The van der Waals surface area contributed by atoms with Crippen LogP contribution in [0.1, 0.15) is 11.3 Å². The standard InChI is InChI=1S/C19H15NO3/c1-12-15-4-2-3-5-16(15)22-18(12)11-20-14-8-6-13-7-9-19(21)23-17(13)10-14/h2-10,20H,11H2,1H3. The average molecular weight is 305 g/mol. The highest BCUT2D eigenvalue weighted by Crippen LogP contribution is 2.26. The molecule has 4 aromatic rings. The molecule has 2 aromatic heterocycles. The predicted octanol–water partition coefficient (Wildman–Crippen LogP) is 4.46. The SMILES string of the molecule is Cc1c(CNc2ccc3ccc(=O)oc3c2)oc2ccccc12. The molecule has 0 aliphatic rings. The first-order valence-corrected chi connectivity index (χ1v) is 7.45. The van der Waals surface area contributed by atoms with E-state index in [0.717, 1.165) is 33.4 Å². The molecule has 0 amide bonds. The number of rotatable bonds is 3. The van der Waals surface area contributed by atoms with E-state index in [1.807, 2.05) is 36.4 Å². The van der Waals surface area contributed by atoms with Crippen molar-refractivity contribution in [2.24, 2.45) is 0 Å². The van der Waals surface area contributed by atoms with E-state index in [1.165, 1.54) is 6.07 Å². The molecule has 0 atom stereocenters. The van der Waals surface area contributed by atoms with Gasteiger partial charge in [-0.2, -0.15) is 0 Å². The molecule has 0 aliphatic heterocycles. The van der Waals surface area contributed by atoms with Crippen molar-refractivity contribution in [1.82, 2.24) is 0 Å². The number of hydrogen-bond donors (Lipinski definition) is 1. The van der Waals surface area contributed by atoms with Crippen LogP contribution in [0.15, 0.2) is 68.2 Å². The summed E-state index contributed by atoms with van der Waals surface area (Å²) in [6.07, 6.45) is 0. The number of nitrogens with one attached hydrogen (secondary N) is 1. The van der Waals surface area contributed by atoms with Gasteiger partial charge in [0.2, 0.25) is 0 Å². The summed E-state index contributed by atoms with van der Waals surface area (Å²) in [5, 5.41) is 5.35. The monoisotopic (exact) mass is 305 g/mol. The Morgan fingerprint density at radius 2 is 1.78 bits per heavy atom. The van der Waals surface area contributed by atoms with Gasteiger partial charge in [0.15, 0.2) is 0 Å². The van der Waals surface area contributed by atoms with Gasteiger partial charge in [-0.3, -0.25) is 0 Å². The molecule has 4 nitrogen and oxygen atoms in total. The minimum Gasteiger partial charge on any atom is -0.459 e. The summed E-state index contributed by atoms with van der Waals surface area (Å²) in [5.74, 6) is 0.904. The lowest BCUT2D eigenvalue weighted by molar-refractivity contribution is 0.554. The van der Waals surface area contributed by atoms with E-state index in [2.05, 4.69) is 18.3 Å². The Balaban J connectivity index is 1.62. The molecular weight excluding hydrogens is 290 g/mol. The Morgan fingerprint density at radius 3 is 2.65 bits per heavy atom. The van der Waals surface area contributed by atoms with Gasteiger partial charge in [0.05, 0.1) is 6.54 Å². The van der Waals surface area contributed by atoms with Gasteiger partial charge in [0, 0.05) is 34.2 Å². The zero-order valence-electron chi connectivity index (χ0n) is 12.6. The quantitative estimate of drug-likeness (QED) is 0.568. The molecule has 1 N–H and O–H groups in total. The normalized spacial score (nSPS) is 11.2. The van der Waals surface area contributed by atoms with E-state index in [1.54, 1.807) is 6.07 Å². The highest BCUT2D eigenvalue weighted by atomic mass is 16.4. The van der Waals surface area contributed by atoms with E-state index in [-0.39, 0.29) is 5.63 Å². The van der Waals surface area contributed by atoms with Gasteiger partial charge < -0.3 is 14.2 Å². The second-order valence-corrected chi connectivity index (χ2v) is 5.51. The van der Waals surface area contributed by atoms with Crippen LogP contribution in [-0.4, -0.2) is 0 Å². The van der Waals surface area contributed by atoms with Gasteiger partial charge in [-0.15, -0.1) is 0 Å². The predicted molar refractivity (Wildman–Crippen MR) is 90.8 cm³/mol. The summed E-state index contributed by atoms with van der Waals surface area (Å²) in [6, 6.07) is 16.9. The molecule has 0 radical (unpaired) electrons. The number of furan rings is 1. The fraction of sp³-hybridized carbons (Fsp3) is 0.105. The van der Waals surface area contributed by atoms with Crippen molar-refractivity contribution in [2.75, 3.05) is 5.32 Å². The number of para-hydroxylation sites is 1. The van der Waals surface area contributed by atoms with Gasteiger partial charge in [-0.1, -0.05) is 18.2 Å². The summed E-state index contributed by atoms with van der Waals surface area (Å²) in [4.78, 5) is 11.3. The van der Waals surface area contributed by atoms with E-state index < -0.39 is 0 Å². The number of aryl methyl sites for hydroxylation is 1. The van der Waals surface area contributed by atoms with Crippen molar-refractivity contribution < 1.29 is 8.83 Å². The highest BCUT2D eigenvalue weighted by Gasteiger charge is 2.09. The third kappa shape index (κ3) is 2.48. The highest BCUT2D eigenvalue weighted by molar-refractivity contribution is 5.82. The first-order valence-electron chi connectivity index (χ1n) is 7.45. The number of hydrogen-bond acceptors (Lipinski definition) is 4. The van der Waals surface area contributed by atoms with Crippen LogP contribution in [0.25, 0.3) is 21.9 Å². The molecule has 0 saturated carbocycles. The smallest absolute Gasteiger partial charge is 0.336 e. The largest absolute Gasteiger partial charge is 0.459 e. The molecule has 0 spiro atoms. The molecule has 4 rings (SSSR count). The van der Waals surface area contributed by atoms with Crippen LogP contribution in [-0.2, 0) is 6.54 Å². The van der Waals surface area contributed by atoms with Crippen LogP contribution in [0.5, 0.6) is 0 Å². The van der Waals surface area contributed by atoms with E-state index in [9.17, 15) is 4.79 Å². The fourth-order valence-electron chi connectivity index (χ4n) is 2.75. The first kappa shape index (κ1) is 13.6. The lowest BCUT2D eigenvalue weighted by Crippen LogP contribution is -2.00. The third-order valence-electron chi connectivity index (χ3n) is 4.02. The zero-order chi connectivity index (χ0) is 15.8. The topological polar surface area (TPSA) is 55.4 Å². The van der Waals surface area contributed by atoms with Gasteiger partial charge in [-0.25, -0.2) is 4.79 Å². The van der Waals surface area contributed by atoms with Crippen LogP contribution in [0.3, 0.4) is 0 Å². The van der Waals surface area contributed by atoms with Crippen LogP contribution < -0.4 is 10.9 Å². The van der Waals surface area contributed by atoms with E-state index in [4.69, 9.17) is 8.83 Å². The van der Waals surface area contributed by atoms with Crippen molar-refractivity contribution in [3.8, 4) is 0 Å². The summed E-state index contributed by atoms with van der Waals surface area (Å²) < 4.78 is 11.1. The minimum absolute atomic E-state index is 0.345. The summed E-state index contributed by atoms with van der Waals surface area (Å²) in [7, 11) is 0. The maximum absolute atomic E-state index is 11.3. The second kappa shape index (κ2) is 5.32. The molecule has 23 heavy (non-hydrogen) atoms. The Labute approximate surface area is 132 Å². The van der Waals surface area contributed by atoms with Crippen molar-refractivity contribution in [2.45, 2.75) is 13.5 Å². The molecule has 0 aliphatic carbocycles. The Kier molecular flexibility index (Phi) is 3.15.